The molecule has 1 N–H and O–H groups in total. The van der Waals surface area contributed by atoms with Gasteiger partial charge in [0.25, 0.3) is 0 Å². The molecule has 114 valence electrons. The van der Waals surface area contributed by atoms with Crippen molar-refractivity contribution in [2.45, 2.75) is 12.8 Å². The lowest BCUT2D eigenvalue weighted by Crippen LogP contribution is -2.05. The summed E-state index contributed by atoms with van der Waals surface area (Å²) in [6, 6.07) is 10.7. The number of nitrogens with zero attached hydrogens (tertiary/aromatic N) is 1. The van der Waals surface area contributed by atoms with Gasteiger partial charge in [-0.3, -0.25) is 0 Å². The molecule has 23 heavy (non-hydrogen) atoms. The van der Waals surface area contributed by atoms with Gasteiger partial charge in [0.1, 0.15) is 5.75 Å². The smallest absolute Gasteiger partial charge is 0.335 e. The lowest BCUT2D eigenvalue weighted by molar-refractivity contribution is 0.0697. The Morgan fingerprint density at radius 3 is 2.78 bits per heavy atom. The van der Waals surface area contributed by atoms with Crippen molar-refractivity contribution in [2.24, 2.45) is 0 Å². The van der Waals surface area contributed by atoms with Gasteiger partial charge >= 0.3 is 5.97 Å². The Morgan fingerprint density at radius 1 is 1.26 bits per heavy atom. The lowest BCUT2D eigenvalue weighted by atomic mass is 9.86. The van der Waals surface area contributed by atoms with E-state index in [1.165, 1.54) is 7.11 Å². The van der Waals surface area contributed by atoms with E-state index in [0.29, 0.717) is 11.4 Å². The second-order valence-electron chi connectivity index (χ2n) is 5.33. The van der Waals surface area contributed by atoms with Crippen LogP contribution in [-0.4, -0.2) is 18.2 Å². The third-order valence-electron chi connectivity index (χ3n) is 4.02. The molecule has 4 nitrogen and oxygen atoms in total. The largest absolute Gasteiger partial charge is 0.508 e. The summed E-state index contributed by atoms with van der Waals surface area (Å²) in [4.78, 5) is 14.7. The highest BCUT2D eigenvalue weighted by molar-refractivity contribution is 5.92. The Hall–Kier alpha value is -3.06. The average molecular weight is 305 g/mol. The van der Waals surface area contributed by atoms with Crippen molar-refractivity contribution in [2.75, 3.05) is 7.11 Å². The number of aryl methyl sites for hydroxylation is 1. The Morgan fingerprint density at radius 2 is 2.09 bits per heavy atom. The number of hydrogen-bond donors (Lipinski definition) is 1. The standard InChI is InChI=1S/C19H15NO3/c1-20-17-11-13(8-9-18(17)23-2)15-5-3-4-12-6-7-14(19(21)22)10-16(12)15/h5-11H,3-4H2,2H3,(H,21,22). The molecule has 1 aliphatic rings. The van der Waals surface area contributed by atoms with E-state index in [2.05, 4.69) is 10.9 Å². The van der Waals surface area contributed by atoms with E-state index in [-0.39, 0.29) is 5.56 Å². The molecule has 0 atom stereocenters. The Balaban J connectivity index is 2.12. The number of allylic oxidation sites excluding steroid dienone is 1. The number of fused-ring (bicyclic) bond motifs is 1. The van der Waals surface area contributed by atoms with Crippen molar-refractivity contribution < 1.29 is 14.6 Å². The van der Waals surface area contributed by atoms with Crippen LogP contribution < -0.4 is 4.74 Å². The van der Waals surface area contributed by atoms with Crippen LogP contribution in [0.3, 0.4) is 0 Å². The molecule has 3 rings (SSSR count). The highest BCUT2D eigenvalue weighted by Gasteiger charge is 2.17. The minimum absolute atomic E-state index is 0.274. The van der Waals surface area contributed by atoms with Gasteiger partial charge < -0.3 is 9.84 Å². The summed E-state index contributed by atoms with van der Waals surface area (Å²) < 4.78 is 5.19. The van der Waals surface area contributed by atoms with Crippen molar-refractivity contribution in [1.29, 1.82) is 0 Å². The molecule has 0 fully saturated rings. The second-order valence-corrected chi connectivity index (χ2v) is 5.33. The van der Waals surface area contributed by atoms with Gasteiger partial charge in [0.05, 0.1) is 19.2 Å². The molecule has 0 radical (unpaired) electrons. The Labute approximate surface area is 134 Å². The second kappa shape index (κ2) is 5.98. The average Bonchev–Trinajstić information content (AvgIpc) is 2.60. The first-order valence-electron chi connectivity index (χ1n) is 7.26. The van der Waals surface area contributed by atoms with Gasteiger partial charge in [-0.25, -0.2) is 9.64 Å². The molecule has 0 saturated heterocycles. The summed E-state index contributed by atoms with van der Waals surface area (Å²) >= 11 is 0. The van der Waals surface area contributed by atoms with Crippen molar-refractivity contribution in [3.8, 4) is 5.75 Å². The number of aromatic carboxylic acids is 1. The third-order valence-corrected chi connectivity index (χ3v) is 4.02. The fourth-order valence-corrected chi connectivity index (χ4v) is 2.88. The molecule has 2 aromatic rings. The Kier molecular flexibility index (Phi) is 3.86. The van der Waals surface area contributed by atoms with E-state index in [9.17, 15) is 9.90 Å². The van der Waals surface area contributed by atoms with Crippen LogP contribution in [0.4, 0.5) is 5.69 Å². The molecule has 0 spiro atoms. The number of ether oxygens (including phenoxy) is 1. The molecular weight excluding hydrogens is 290 g/mol. The van der Waals surface area contributed by atoms with Gasteiger partial charge in [-0.15, -0.1) is 0 Å². The minimum Gasteiger partial charge on any atom is -0.508 e. The number of carbonyl (C=O) groups is 1. The van der Waals surface area contributed by atoms with Crippen LogP contribution in [-0.2, 0) is 6.42 Å². The molecule has 0 aliphatic heterocycles. The molecule has 0 heterocycles. The SMILES string of the molecule is [C-]#[N+]c1cc(C2=CCCc3ccc(C(=O)O)cc32)ccc1OC. The molecule has 2 aromatic carbocycles. The van der Waals surface area contributed by atoms with Crippen LogP contribution in [0.25, 0.3) is 10.4 Å². The van der Waals surface area contributed by atoms with E-state index in [1.54, 1.807) is 24.3 Å². The highest BCUT2D eigenvalue weighted by atomic mass is 16.5. The summed E-state index contributed by atoms with van der Waals surface area (Å²) in [5.41, 5.74) is 4.66. The van der Waals surface area contributed by atoms with Crippen LogP contribution in [0.2, 0.25) is 0 Å². The zero-order chi connectivity index (χ0) is 16.4. The van der Waals surface area contributed by atoms with Crippen molar-refractivity contribution in [1.82, 2.24) is 0 Å². The van der Waals surface area contributed by atoms with E-state index in [4.69, 9.17) is 11.3 Å². The zero-order valence-electron chi connectivity index (χ0n) is 12.7. The Bertz CT molecular complexity index is 859. The highest BCUT2D eigenvalue weighted by Crippen LogP contribution is 2.36. The molecule has 4 heteroatoms. The molecule has 0 unspecified atom stereocenters. The van der Waals surface area contributed by atoms with Gasteiger partial charge in [0, 0.05) is 0 Å². The van der Waals surface area contributed by atoms with Crippen LogP contribution >= 0.6 is 0 Å². The summed E-state index contributed by atoms with van der Waals surface area (Å²) in [6.07, 6.45) is 3.89. The number of methoxy groups -OCH3 is 1. The minimum atomic E-state index is -0.936. The summed E-state index contributed by atoms with van der Waals surface area (Å²) in [6.45, 7) is 7.28. The van der Waals surface area contributed by atoms with Crippen molar-refractivity contribution in [3.63, 3.8) is 0 Å². The number of benzene rings is 2. The first kappa shape index (κ1) is 14.9. The third kappa shape index (κ3) is 2.69. The maximum absolute atomic E-state index is 11.2. The molecule has 0 aromatic heterocycles. The van der Waals surface area contributed by atoms with Gasteiger partial charge in [-0.1, -0.05) is 18.2 Å². The van der Waals surface area contributed by atoms with E-state index in [1.807, 2.05) is 12.1 Å². The van der Waals surface area contributed by atoms with E-state index < -0.39 is 5.97 Å². The fraction of sp³-hybridized carbons (Fsp3) is 0.158. The van der Waals surface area contributed by atoms with Gasteiger partial charge in [-0.05, 0) is 59.4 Å². The predicted octanol–water partition coefficient (Wildman–Crippen LogP) is 4.32. The molecule has 0 bridgehead atoms. The topological polar surface area (TPSA) is 50.9 Å². The lowest BCUT2D eigenvalue weighted by Gasteiger charge is -2.19. The normalized spacial score (nSPS) is 12.8. The van der Waals surface area contributed by atoms with Crippen LogP contribution in [0.5, 0.6) is 5.75 Å². The summed E-state index contributed by atoms with van der Waals surface area (Å²) in [7, 11) is 1.54. The van der Waals surface area contributed by atoms with Crippen molar-refractivity contribution in [3.05, 3.63) is 76.1 Å². The van der Waals surface area contributed by atoms with E-state index in [0.717, 1.165) is 35.1 Å². The summed E-state index contributed by atoms with van der Waals surface area (Å²) in [5.74, 6) is -0.394. The summed E-state index contributed by atoms with van der Waals surface area (Å²) in [5, 5.41) is 9.22. The van der Waals surface area contributed by atoms with Gasteiger partial charge in [0.15, 0.2) is 0 Å². The van der Waals surface area contributed by atoms with Crippen LogP contribution in [0.15, 0.2) is 42.5 Å². The fourth-order valence-electron chi connectivity index (χ4n) is 2.88. The zero-order valence-corrected chi connectivity index (χ0v) is 12.7. The van der Waals surface area contributed by atoms with Gasteiger partial charge in [-0.2, -0.15) is 0 Å². The molecule has 0 amide bonds. The number of rotatable bonds is 3. The number of hydrogen-bond acceptors (Lipinski definition) is 2. The monoisotopic (exact) mass is 305 g/mol. The number of carboxylic acid groups (broad SMARTS) is 1. The van der Waals surface area contributed by atoms with Crippen molar-refractivity contribution >= 4 is 17.2 Å². The first-order valence-corrected chi connectivity index (χ1v) is 7.26. The van der Waals surface area contributed by atoms with Gasteiger partial charge in [0.2, 0.25) is 5.69 Å². The maximum atomic E-state index is 11.2. The number of carboxylic acids is 1. The maximum Gasteiger partial charge on any atom is 0.335 e. The van der Waals surface area contributed by atoms with Crippen LogP contribution in [0.1, 0.15) is 33.5 Å². The molecule has 1 aliphatic carbocycles. The predicted molar refractivity (Wildman–Crippen MR) is 88.1 cm³/mol. The van der Waals surface area contributed by atoms with E-state index >= 15 is 0 Å². The van der Waals surface area contributed by atoms with Crippen LogP contribution in [0, 0.1) is 6.57 Å². The molecule has 0 saturated carbocycles. The molecular formula is C19H15NO3. The first-order chi connectivity index (χ1) is 11.1. The quantitative estimate of drug-likeness (QED) is 0.859.